The Morgan fingerprint density at radius 1 is 0.929 bits per heavy atom. The predicted molar refractivity (Wildman–Crippen MR) is 110 cm³/mol. The average Bonchev–Trinajstić information content (AvgIpc) is 2.89. The molecule has 0 aromatic heterocycles. The molecule has 7 heteroatoms. The van der Waals surface area contributed by atoms with Gasteiger partial charge in [-0.3, -0.25) is 14.5 Å². The van der Waals surface area contributed by atoms with Crippen LogP contribution in [0.5, 0.6) is 11.5 Å². The third-order valence-electron chi connectivity index (χ3n) is 4.40. The van der Waals surface area contributed by atoms with Crippen molar-refractivity contribution in [1.82, 2.24) is 4.90 Å². The number of rotatable bonds is 8. The van der Waals surface area contributed by atoms with Crippen LogP contribution in [-0.4, -0.2) is 42.5 Å². The lowest BCUT2D eigenvalue weighted by atomic mass is 10.1. The summed E-state index contributed by atoms with van der Waals surface area (Å²) < 4.78 is 11.2. The van der Waals surface area contributed by atoms with Crippen LogP contribution in [0.3, 0.4) is 0 Å². The minimum atomic E-state index is -0.375. The van der Waals surface area contributed by atoms with Gasteiger partial charge in [0.05, 0.1) is 24.3 Å². The van der Waals surface area contributed by atoms with E-state index in [9.17, 15) is 9.59 Å². The van der Waals surface area contributed by atoms with Gasteiger partial charge in [0.1, 0.15) is 0 Å². The first-order chi connectivity index (χ1) is 13.0. The molecule has 0 spiro atoms. The maximum Gasteiger partial charge on any atom is 0.261 e. The largest absolute Gasteiger partial charge is 0.490 e. The minimum absolute atomic E-state index is 0. The van der Waals surface area contributed by atoms with E-state index in [1.165, 1.54) is 4.90 Å². The van der Waals surface area contributed by atoms with E-state index in [2.05, 4.69) is 0 Å². The second kappa shape index (κ2) is 9.57. The van der Waals surface area contributed by atoms with Gasteiger partial charge in [-0.2, -0.15) is 0 Å². The summed E-state index contributed by atoms with van der Waals surface area (Å²) in [5.41, 5.74) is 8.09. The molecule has 1 atom stereocenters. The molecule has 1 aliphatic heterocycles. The number of halogens is 1. The number of benzene rings is 2. The Labute approximate surface area is 171 Å². The van der Waals surface area contributed by atoms with E-state index >= 15 is 0 Å². The van der Waals surface area contributed by atoms with Gasteiger partial charge in [-0.05, 0) is 50.1 Å². The highest BCUT2D eigenvalue weighted by Crippen LogP contribution is 2.29. The van der Waals surface area contributed by atoms with Gasteiger partial charge in [0.25, 0.3) is 11.8 Å². The molecule has 0 fully saturated rings. The van der Waals surface area contributed by atoms with Crippen LogP contribution in [-0.2, 0) is 6.42 Å². The fourth-order valence-electron chi connectivity index (χ4n) is 3.23. The van der Waals surface area contributed by atoms with Crippen molar-refractivity contribution in [2.24, 2.45) is 5.73 Å². The number of carbonyl (C=O) groups excluding carboxylic acids is 2. The summed E-state index contributed by atoms with van der Waals surface area (Å²) in [6.45, 7) is 5.09. The number of carbonyl (C=O) groups is 2. The van der Waals surface area contributed by atoms with Crippen molar-refractivity contribution in [2.75, 3.05) is 19.8 Å². The summed E-state index contributed by atoms with van der Waals surface area (Å²) in [6.07, 6.45) is 0.514. The third-order valence-corrected chi connectivity index (χ3v) is 4.40. The second-order valence-electron chi connectivity index (χ2n) is 6.38. The third kappa shape index (κ3) is 4.46. The Bertz CT molecular complexity index is 821. The Kier molecular flexibility index (Phi) is 7.43. The molecule has 2 aromatic rings. The molecular formula is C21H25ClN2O4. The average molecular weight is 405 g/mol. The lowest BCUT2D eigenvalue weighted by molar-refractivity contribution is 0.0644. The monoisotopic (exact) mass is 404 g/mol. The first kappa shape index (κ1) is 21.7. The smallest absolute Gasteiger partial charge is 0.261 e. The topological polar surface area (TPSA) is 81.9 Å². The lowest BCUT2D eigenvalue weighted by Gasteiger charge is -2.20. The van der Waals surface area contributed by atoms with Crippen LogP contribution >= 0.6 is 12.4 Å². The van der Waals surface area contributed by atoms with Crippen molar-refractivity contribution in [3.05, 3.63) is 59.2 Å². The van der Waals surface area contributed by atoms with Crippen molar-refractivity contribution < 1.29 is 19.1 Å². The lowest BCUT2D eigenvalue weighted by Crippen LogP contribution is -2.41. The van der Waals surface area contributed by atoms with E-state index in [0.717, 1.165) is 5.56 Å². The summed E-state index contributed by atoms with van der Waals surface area (Å²) in [4.78, 5) is 26.2. The number of amides is 2. The summed E-state index contributed by atoms with van der Waals surface area (Å²) >= 11 is 0. The molecule has 2 amide bonds. The summed E-state index contributed by atoms with van der Waals surface area (Å²) in [7, 11) is 0. The zero-order valence-corrected chi connectivity index (χ0v) is 16.8. The van der Waals surface area contributed by atoms with Gasteiger partial charge in [0.15, 0.2) is 11.5 Å². The van der Waals surface area contributed by atoms with E-state index in [0.29, 0.717) is 42.3 Å². The van der Waals surface area contributed by atoms with E-state index in [1.807, 2.05) is 32.0 Å². The number of hydrogen-bond acceptors (Lipinski definition) is 5. The molecule has 2 aromatic carbocycles. The molecule has 3 rings (SSSR count). The van der Waals surface area contributed by atoms with Gasteiger partial charge in [-0.15, -0.1) is 12.4 Å². The van der Waals surface area contributed by atoms with Gasteiger partial charge >= 0.3 is 0 Å². The first-order valence-corrected chi connectivity index (χ1v) is 9.14. The van der Waals surface area contributed by atoms with Crippen molar-refractivity contribution in [3.8, 4) is 11.5 Å². The number of ether oxygens (including phenoxy) is 2. The van der Waals surface area contributed by atoms with Crippen LogP contribution in [0.2, 0.25) is 0 Å². The number of hydrogen-bond donors (Lipinski definition) is 1. The summed E-state index contributed by atoms with van der Waals surface area (Å²) in [5.74, 6) is 0.794. The van der Waals surface area contributed by atoms with Crippen molar-refractivity contribution in [2.45, 2.75) is 26.3 Å². The molecule has 28 heavy (non-hydrogen) atoms. The maximum absolute atomic E-state index is 12.5. The SMILES string of the molecule is CCOc1ccc(CC(N)CN2C(=O)c3ccccc3C2=O)cc1OCC.Cl. The number of nitrogens with two attached hydrogens (primary N) is 1. The first-order valence-electron chi connectivity index (χ1n) is 9.14. The number of nitrogens with zero attached hydrogens (tertiary/aromatic N) is 1. The standard InChI is InChI=1S/C21H24N2O4.ClH/c1-3-26-18-10-9-14(12-19(18)27-4-2)11-15(22)13-23-20(24)16-7-5-6-8-17(16)21(23)25;/h5-10,12,15H,3-4,11,13,22H2,1-2H3;1H. The van der Waals surface area contributed by atoms with E-state index in [1.54, 1.807) is 24.3 Å². The molecule has 0 bridgehead atoms. The number of imide groups is 1. The highest BCUT2D eigenvalue weighted by Gasteiger charge is 2.35. The quantitative estimate of drug-likeness (QED) is 0.684. The van der Waals surface area contributed by atoms with Gasteiger partial charge < -0.3 is 15.2 Å². The van der Waals surface area contributed by atoms with Crippen molar-refractivity contribution in [3.63, 3.8) is 0 Å². The number of fused-ring (bicyclic) bond motifs is 1. The molecule has 0 saturated heterocycles. The normalized spacial score (nSPS) is 13.8. The molecule has 1 aliphatic rings. The molecule has 0 aliphatic carbocycles. The fraction of sp³-hybridized carbons (Fsp3) is 0.333. The summed E-state index contributed by atoms with van der Waals surface area (Å²) in [5, 5.41) is 0. The minimum Gasteiger partial charge on any atom is -0.490 e. The fourth-order valence-corrected chi connectivity index (χ4v) is 3.23. The van der Waals surface area contributed by atoms with Gasteiger partial charge in [0, 0.05) is 12.6 Å². The highest BCUT2D eigenvalue weighted by atomic mass is 35.5. The van der Waals surface area contributed by atoms with Crippen LogP contribution in [0.1, 0.15) is 40.1 Å². The zero-order valence-electron chi connectivity index (χ0n) is 16.0. The second-order valence-corrected chi connectivity index (χ2v) is 6.38. The van der Waals surface area contributed by atoms with Crippen LogP contribution in [0.15, 0.2) is 42.5 Å². The predicted octanol–water partition coefficient (Wildman–Crippen LogP) is 3.07. The Balaban J connectivity index is 0.00000280. The summed E-state index contributed by atoms with van der Waals surface area (Å²) in [6, 6.07) is 12.2. The van der Waals surface area contributed by atoms with E-state index in [-0.39, 0.29) is 36.8 Å². The van der Waals surface area contributed by atoms with Crippen LogP contribution < -0.4 is 15.2 Å². The van der Waals surface area contributed by atoms with E-state index < -0.39 is 0 Å². The molecule has 1 heterocycles. The molecule has 0 radical (unpaired) electrons. The van der Waals surface area contributed by atoms with Gasteiger partial charge in [-0.1, -0.05) is 18.2 Å². The zero-order chi connectivity index (χ0) is 19.4. The Hall–Kier alpha value is -2.57. The molecule has 150 valence electrons. The molecular weight excluding hydrogens is 380 g/mol. The van der Waals surface area contributed by atoms with Gasteiger partial charge in [-0.25, -0.2) is 0 Å². The maximum atomic E-state index is 12.5. The van der Waals surface area contributed by atoms with Crippen LogP contribution in [0.4, 0.5) is 0 Å². The van der Waals surface area contributed by atoms with E-state index in [4.69, 9.17) is 15.2 Å². The van der Waals surface area contributed by atoms with Crippen molar-refractivity contribution in [1.29, 1.82) is 0 Å². The molecule has 0 saturated carbocycles. The Morgan fingerprint density at radius 2 is 1.50 bits per heavy atom. The molecule has 6 nitrogen and oxygen atoms in total. The van der Waals surface area contributed by atoms with Gasteiger partial charge in [0.2, 0.25) is 0 Å². The Morgan fingerprint density at radius 3 is 2.07 bits per heavy atom. The molecule has 2 N–H and O–H groups in total. The highest BCUT2D eigenvalue weighted by molar-refractivity contribution is 6.21. The van der Waals surface area contributed by atoms with Crippen LogP contribution in [0, 0.1) is 0 Å². The van der Waals surface area contributed by atoms with Crippen LogP contribution in [0.25, 0.3) is 0 Å². The van der Waals surface area contributed by atoms with Crippen molar-refractivity contribution >= 4 is 24.2 Å². The molecule has 1 unspecified atom stereocenters.